The number of aromatic nitrogens is 2. The van der Waals surface area contributed by atoms with Crippen molar-refractivity contribution in [3.63, 3.8) is 0 Å². The van der Waals surface area contributed by atoms with Crippen molar-refractivity contribution in [1.29, 1.82) is 0 Å². The zero-order valence-corrected chi connectivity index (χ0v) is 15.0. The first-order chi connectivity index (χ1) is 13.2. The molecule has 0 atom stereocenters. The molecule has 1 aliphatic rings. The van der Waals surface area contributed by atoms with Crippen LogP contribution in [0.4, 0.5) is 5.69 Å². The topological polar surface area (TPSA) is 78.5 Å². The molecule has 0 saturated carbocycles. The molecule has 7 heteroatoms. The van der Waals surface area contributed by atoms with Crippen LogP contribution in [0.1, 0.15) is 10.5 Å². The van der Waals surface area contributed by atoms with Crippen LogP contribution in [-0.2, 0) is 0 Å². The number of piperazine rings is 1. The van der Waals surface area contributed by atoms with Gasteiger partial charge in [0.1, 0.15) is 5.75 Å². The highest BCUT2D eigenvalue weighted by Gasteiger charge is 2.25. The Hall–Kier alpha value is -3.35. The molecule has 1 aromatic heterocycles. The van der Waals surface area contributed by atoms with Gasteiger partial charge in [-0.15, -0.1) is 0 Å². The number of benzene rings is 2. The van der Waals surface area contributed by atoms with Crippen LogP contribution in [0.25, 0.3) is 10.8 Å². The van der Waals surface area contributed by atoms with E-state index in [0.717, 1.165) is 24.5 Å². The molecule has 1 amide bonds. The molecule has 0 spiro atoms. The Morgan fingerprint density at radius 3 is 2.33 bits per heavy atom. The summed E-state index contributed by atoms with van der Waals surface area (Å²) in [7, 11) is 1.65. The van der Waals surface area contributed by atoms with Crippen molar-refractivity contribution in [2.45, 2.75) is 0 Å². The van der Waals surface area contributed by atoms with E-state index >= 15 is 0 Å². The van der Waals surface area contributed by atoms with Gasteiger partial charge in [-0.2, -0.15) is 5.10 Å². The third-order valence-electron chi connectivity index (χ3n) is 4.90. The highest BCUT2D eigenvalue weighted by molar-refractivity contribution is 6.04. The molecule has 138 valence electrons. The largest absolute Gasteiger partial charge is 0.497 e. The fraction of sp³-hybridized carbons (Fsp3) is 0.250. The molecule has 0 aliphatic carbocycles. The maximum absolute atomic E-state index is 13.0. The van der Waals surface area contributed by atoms with Gasteiger partial charge in [0, 0.05) is 37.3 Å². The first-order valence-electron chi connectivity index (χ1n) is 8.83. The van der Waals surface area contributed by atoms with E-state index in [1.807, 2.05) is 30.3 Å². The Morgan fingerprint density at radius 1 is 1.00 bits per heavy atom. The van der Waals surface area contributed by atoms with Crippen LogP contribution in [0.15, 0.2) is 53.3 Å². The molecule has 0 bridgehead atoms. The van der Waals surface area contributed by atoms with Crippen molar-refractivity contribution in [1.82, 2.24) is 15.1 Å². The molecule has 0 unspecified atom stereocenters. The van der Waals surface area contributed by atoms with Crippen molar-refractivity contribution in [2.24, 2.45) is 0 Å². The Labute approximate surface area is 156 Å². The van der Waals surface area contributed by atoms with Gasteiger partial charge in [-0.3, -0.25) is 9.59 Å². The van der Waals surface area contributed by atoms with E-state index in [0.29, 0.717) is 29.6 Å². The molecule has 0 radical (unpaired) electrons. The number of amides is 1. The van der Waals surface area contributed by atoms with E-state index in [1.165, 1.54) is 0 Å². The van der Waals surface area contributed by atoms with Crippen LogP contribution in [0.5, 0.6) is 5.75 Å². The van der Waals surface area contributed by atoms with E-state index in [1.54, 1.807) is 30.2 Å². The third kappa shape index (κ3) is 3.23. The molecule has 1 N–H and O–H groups in total. The summed E-state index contributed by atoms with van der Waals surface area (Å²) in [4.78, 5) is 28.9. The molecule has 1 fully saturated rings. The summed E-state index contributed by atoms with van der Waals surface area (Å²) >= 11 is 0. The fourth-order valence-electron chi connectivity index (χ4n) is 3.39. The predicted molar refractivity (Wildman–Crippen MR) is 103 cm³/mol. The van der Waals surface area contributed by atoms with Crippen LogP contribution in [0.3, 0.4) is 0 Å². The molecule has 4 rings (SSSR count). The lowest BCUT2D eigenvalue weighted by Crippen LogP contribution is -2.49. The number of aromatic amines is 1. The van der Waals surface area contributed by atoms with E-state index in [2.05, 4.69) is 15.1 Å². The number of nitrogens with one attached hydrogen (secondary N) is 1. The van der Waals surface area contributed by atoms with Gasteiger partial charge < -0.3 is 14.5 Å². The molecule has 3 aromatic rings. The van der Waals surface area contributed by atoms with Gasteiger partial charge in [-0.05, 0) is 30.3 Å². The summed E-state index contributed by atoms with van der Waals surface area (Å²) < 4.78 is 5.19. The van der Waals surface area contributed by atoms with Crippen LogP contribution in [-0.4, -0.2) is 54.3 Å². The van der Waals surface area contributed by atoms with Gasteiger partial charge in [0.05, 0.1) is 12.5 Å². The quantitative estimate of drug-likeness (QED) is 0.768. The number of nitrogens with zero attached hydrogens (tertiary/aromatic N) is 3. The number of rotatable bonds is 3. The highest BCUT2D eigenvalue weighted by Crippen LogP contribution is 2.21. The lowest BCUT2D eigenvalue weighted by atomic mass is 10.1. The SMILES string of the molecule is COc1ccc(N2CCN(C(=O)c3n[nH]c(=O)c4ccccc34)CC2)cc1. The van der Waals surface area contributed by atoms with Gasteiger partial charge >= 0.3 is 0 Å². The maximum atomic E-state index is 13.0. The number of carbonyl (C=O) groups is 1. The van der Waals surface area contributed by atoms with E-state index < -0.39 is 0 Å². The number of anilines is 1. The van der Waals surface area contributed by atoms with E-state index in [4.69, 9.17) is 4.74 Å². The lowest BCUT2D eigenvalue weighted by molar-refractivity contribution is 0.0742. The van der Waals surface area contributed by atoms with Gasteiger partial charge in [0.25, 0.3) is 11.5 Å². The zero-order chi connectivity index (χ0) is 18.8. The summed E-state index contributed by atoms with van der Waals surface area (Å²) in [5.41, 5.74) is 1.12. The third-order valence-corrected chi connectivity index (χ3v) is 4.90. The monoisotopic (exact) mass is 364 g/mol. The zero-order valence-electron chi connectivity index (χ0n) is 15.0. The number of fused-ring (bicyclic) bond motifs is 1. The average Bonchev–Trinajstić information content (AvgIpc) is 2.74. The maximum Gasteiger partial charge on any atom is 0.275 e. The number of carbonyl (C=O) groups excluding carboxylic acids is 1. The number of hydrogen-bond donors (Lipinski definition) is 1. The molecule has 1 aliphatic heterocycles. The average molecular weight is 364 g/mol. The first-order valence-corrected chi connectivity index (χ1v) is 8.83. The second-order valence-corrected chi connectivity index (χ2v) is 6.42. The minimum Gasteiger partial charge on any atom is -0.497 e. The standard InChI is InChI=1S/C20H20N4O3/c1-27-15-8-6-14(7-9-15)23-10-12-24(13-11-23)20(26)18-16-4-2-3-5-17(16)19(25)22-21-18/h2-9H,10-13H2,1H3,(H,22,25). The van der Waals surface area contributed by atoms with Crippen molar-refractivity contribution >= 4 is 22.4 Å². The van der Waals surface area contributed by atoms with Crippen LogP contribution < -0.4 is 15.2 Å². The van der Waals surface area contributed by atoms with Gasteiger partial charge in [0.15, 0.2) is 5.69 Å². The van der Waals surface area contributed by atoms with Crippen molar-refractivity contribution in [2.75, 3.05) is 38.2 Å². The summed E-state index contributed by atoms with van der Waals surface area (Å²) in [5.74, 6) is 0.667. The lowest BCUT2D eigenvalue weighted by Gasteiger charge is -2.36. The molecule has 7 nitrogen and oxygen atoms in total. The van der Waals surface area contributed by atoms with Gasteiger partial charge in [-0.25, -0.2) is 5.10 Å². The highest BCUT2D eigenvalue weighted by atomic mass is 16.5. The predicted octanol–water partition coefficient (Wildman–Crippen LogP) is 1.89. The first kappa shape index (κ1) is 17.1. The van der Waals surface area contributed by atoms with Crippen molar-refractivity contribution < 1.29 is 9.53 Å². The van der Waals surface area contributed by atoms with E-state index in [9.17, 15) is 9.59 Å². The molecule has 2 heterocycles. The Balaban J connectivity index is 1.50. The summed E-state index contributed by atoms with van der Waals surface area (Å²) in [5, 5.41) is 7.52. The second kappa shape index (κ2) is 7.11. The number of hydrogen-bond acceptors (Lipinski definition) is 5. The fourth-order valence-corrected chi connectivity index (χ4v) is 3.39. The molecule has 1 saturated heterocycles. The van der Waals surface area contributed by atoms with Crippen LogP contribution in [0.2, 0.25) is 0 Å². The Kier molecular flexibility index (Phi) is 4.50. The summed E-state index contributed by atoms with van der Waals surface area (Å²) in [6.45, 7) is 2.67. The van der Waals surface area contributed by atoms with Gasteiger partial charge in [-0.1, -0.05) is 18.2 Å². The Bertz CT molecular complexity index is 1020. The van der Waals surface area contributed by atoms with Crippen LogP contribution in [0, 0.1) is 0 Å². The summed E-state index contributed by atoms with van der Waals surface area (Å²) in [6.07, 6.45) is 0. The molecular weight excluding hydrogens is 344 g/mol. The number of methoxy groups -OCH3 is 1. The Morgan fingerprint density at radius 2 is 1.67 bits per heavy atom. The minimum atomic E-state index is -0.286. The smallest absolute Gasteiger partial charge is 0.275 e. The molecule has 2 aromatic carbocycles. The molecule has 27 heavy (non-hydrogen) atoms. The van der Waals surface area contributed by atoms with E-state index in [-0.39, 0.29) is 11.5 Å². The number of ether oxygens (including phenoxy) is 1. The van der Waals surface area contributed by atoms with Crippen molar-refractivity contribution in [3.8, 4) is 5.75 Å². The normalized spacial score (nSPS) is 14.4. The molecular formula is C20H20N4O3. The van der Waals surface area contributed by atoms with Gasteiger partial charge in [0.2, 0.25) is 0 Å². The van der Waals surface area contributed by atoms with Crippen molar-refractivity contribution in [3.05, 3.63) is 64.6 Å². The van der Waals surface area contributed by atoms with Crippen LogP contribution >= 0.6 is 0 Å². The minimum absolute atomic E-state index is 0.156. The number of H-pyrrole nitrogens is 1. The summed E-state index contributed by atoms with van der Waals surface area (Å²) in [6, 6.07) is 15.0. The second-order valence-electron chi connectivity index (χ2n) is 6.42.